The minimum Gasteiger partial charge on any atom is -0.351 e. The highest BCUT2D eigenvalue weighted by atomic mass is 35.5. The fraction of sp³-hybridized carbons (Fsp3) is 0.300. The van der Waals surface area contributed by atoms with Crippen LogP contribution in [0, 0.1) is 11.7 Å². The Balaban J connectivity index is 1.71. The average Bonchev–Trinajstić information content (AvgIpc) is 3.46. The van der Waals surface area contributed by atoms with Crippen LogP contribution in [0.5, 0.6) is 0 Å². The van der Waals surface area contributed by atoms with Gasteiger partial charge in [0, 0.05) is 7.05 Å². The predicted molar refractivity (Wildman–Crippen MR) is 113 cm³/mol. The standard InChI is InChI=1S/C20H20BClFN4O2/c1-21-12-5-6-15(14(22)7-12)25-18-13(20(28)26-29-9-11-3-4-11)8-16-19(17(18)23)24-10-27(16)2/h5-8,10-11,25H,3-4,9H2,1-2H3,(H,26,28). The van der Waals surface area contributed by atoms with Crippen LogP contribution in [-0.2, 0) is 11.9 Å². The number of aromatic nitrogens is 2. The number of benzene rings is 2. The van der Waals surface area contributed by atoms with Crippen molar-refractivity contribution in [3.8, 4) is 0 Å². The molecule has 0 aliphatic heterocycles. The molecular formula is C20H20BClFN4O2. The van der Waals surface area contributed by atoms with E-state index in [-0.39, 0.29) is 16.8 Å². The number of nitrogens with one attached hydrogen (secondary N) is 2. The van der Waals surface area contributed by atoms with Crippen LogP contribution in [0.1, 0.15) is 23.2 Å². The molecule has 0 bridgehead atoms. The van der Waals surface area contributed by atoms with E-state index in [2.05, 4.69) is 15.8 Å². The SMILES string of the molecule is C[B]c1ccc(Nc2c(C(=O)NOCC3CC3)cc3c(ncn3C)c2F)c(Cl)c1. The first kappa shape index (κ1) is 19.7. The van der Waals surface area contributed by atoms with E-state index < -0.39 is 11.7 Å². The van der Waals surface area contributed by atoms with Crippen LogP contribution >= 0.6 is 11.6 Å². The highest BCUT2D eigenvalue weighted by Crippen LogP contribution is 2.33. The van der Waals surface area contributed by atoms with Crippen molar-refractivity contribution in [1.29, 1.82) is 0 Å². The van der Waals surface area contributed by atoms with Gasteiger partial charge in [0.2, 0.25) is 0 Å². The van der Waals surface area contributed by atoms with Gasteiger partial charge in [-0.15, -0.1) is 0 Å². The van der Waals surface area contributed by atoms with Crippen LogP contribution < -0.4 is 16.3 Å². The molecule has 9 heteroatoms. The minimum atomic E-state index is -0.627. The molecule has 1 saturated carbocycles. The quantitative estimate of drug-likeness (QED) is 0.459. The second kappa shape index (κ2) is 8.04. The van der Waals surface area contributed by atoms with Gasteiger partial charge in [-0.1, -0.05) is 30.0 Å². The van der Waals surface area contributed by atoms with Crippen molar-refractivity contribution in [3.63, 3.8) is 0 Å². The Bertz CT molecular complexity index is 1080. The van der Waals surface area contributed by atoms with Crippen LogP contribution in [0.25, 0.3) is 11.0 Å². The number of rotatable bonds is 7. The second-order valence-corrected chi connectivity index (χ2v) is 7.58. The molecule has 1 radical (unpaired) electrons. The third-order valence-electron chi connectivity index (χ3n) is 4.97. The van der Waals surface area contributed by atoms with E-state index in [4.69, 9.17) is 16.4 Å². The maximum atomic E-state index is 15.3. The number of amides is 1. The molecule has 1 amide bonds. The fourth-order valence-corrected chi connectivity index (χ4v) is 3.27. The molecule has 6 nitrogen and oxygen atoms in total. The summed E-state index contributed by atoms with van der Waals surface area (Å²) in [5.74, 6) is -0.681. The summed E-state index contributed by atoms with van der Waals surface area (Å²) in [5, 5.41) is 3.38. The number of nitrogens with zero attached hydrogens (tertiary/aromatic N) is 2. The summed E-state index contributed by atoms with van der Waals surface area (Å²) in [6.07, 6.45) is 3.70. The Morgan fingerprint density at radius 3 is 2.90 bits per heavy atom. The molecule has 0 saturated heterocycles. The largest absolute Gasteiger partial charge is 0.351 e. The Labute approximate surface area is 173 Å². The van der Waals surface area contributed by atoms with Crippen molar-refractivity contribution in [3.05, 3.63) is 47.0 Å². The van der Waals surface area contributed by atoms with E-state index in [0.29, 0.717) is 28.8 Å². The number of hydroxylamine groups is 1. The number of fused-ring (bicyclic) bond motifs is 1. The highest BCUT2D eigenvalue weighted by molar-refractivity contribution is 6.52. The van der Waals surface area contributed by atoms with E-state index >= 15 is 4.39 Å². The van der Waals surface area contributed by atoms with Crippen molar-refractivity contribution in [2.75, 3.05) is 11.9 Å². The molecule has 1 aromatic heterocycles. The lowest BCUT2D eigenvalue weighted by Gasteiger charge is -2.15. The Morgan fingerprint density at radius 1 is 1.41 bits per heavy atom. The van der Waals surface area contributed by atoms with Gasteiger partial charge in [-0.3, -0.25) is 9.63 Å². The Morgan fingerprint density at radius 2 is 2.21 bits per heavy atom. The maximum Gasteiger partial charge on any atom is 0.277 e. The zero-order valence-corrected chi connectivity index (χ0v) is 16.9. The van der Waals surface area contributed by atoms with Gasteiger partial charge in [0.15, 0.2) is 5.82 Å². The van der Waals surface area contributed by atoms with Crippen LogP contribution in [0.4, 0.5) is 15.8 Å². The molecular weight excluding hydrogens is 394 g/mol. The number of imidazole rings is 1. The van der Waals surface area contributed by atoms with Crippen molar-refractivity contribution in [2.45, 2.75) is 19.7 Å². The molecule has 1 fully saturated rings. The zero-order chi connectivity index (χ0) is 20.5. The number of anilines is 2. The van der Waals surface area contributed by atoms with Gasteiger partial charge in [-0.2, -0.15) is 0 Å². The summed E-state index contributed by atoms with van der Waals surface area (Å²) < 4.78 is 17.0. The molecule has 0 atom stereocenters. The second-order valence-electron chi connectivity index (χ2n) is 7.17. The van der Waals surface area contributed by atoms with E-state index in [1.807, 2.05) is 20.2 Å². The number of carbonyl (C=O) groups is 1. The third-order valence-corrected chi connectivity index (χ3v) is 5.28. The Kier molecular flexibility index (Phi) is 5.47. The lowest BCUT2D eigenvalue weighted by atomic mass is 9.73. The number of halogens is 2. The summed E-state index contributed by atoms with van der Waals surface area (Å²) in [6.45, 7) is 2.35. The molecule has 2 N–H and O–H groups in total. The average molecular weight is 414 g/mol. The topological polar surface area (TPSA) is 68.2 Å². The molecule has 3 aromatic rings. The number of aryl methyl sites for hydroxylation is 1. The first-order valence-electron chi connectivity index (χ1n) is 9.39. The predicted octanol–water partition coefficient (Wildman–Crippen LogP) is 3.56. The van der Waals surface area contributed by atoms with Gasteiger partial charge in [-0.05, 0) is 37.0 Å². The molecule has 1 aliphatic rings. The summed E-state index contributed by atoms with van der Waals surface area (Å²) in [5.41, 5.74) is 4.62. The lowest BCUT2D eigenvalue weighted by Crippen LogP contribution is -2.26. The van der Waals surface area contributed by atoms with Gasteiger partial charge in [0.1, 0.15) is 12.8 Å². The Hall–Kier alpha value is -2.58. The summed E-state index contributed by atoms with van der Waals surface area (Å²) in [4.78, 5) is 22.2. The zero-order valence-electron chi connectivity index (χ0n) is 16.1. The monoisotopic (exact) mass is 413 g/mol. The van der Waals surface area contributed by atoms with Crippen LogP contribution in [0.15, 0.2) is 30.6 Å². The van der Waals surface area contributed by atoms with Crippen LogP contribution in [0.3, 0.4) is 0 Å². The van der Waals surface area contributed by atoms with Crippen LogP contribution in [-0.4, -0.2) is 29.3 Å². The minimum absolute atomic E-state index is 0.00106. The fourth-order valence-electron chi connectivity index (χ4n) is 3.04. The number of carbonyl (C=O) groups excluding carboxylic acids is 1. The number of hydrogen-bond acceptors (Lipinski definition) is 4. The van der Waals surface area contributed by atoms with E-state index in [1.165, 1.54) is 6.33 Å². The van der Waals surface area contributed by atoms with Crippen molar-refractivity contribution >= 4 is 52.7 Å². The molecule has 29 heavy (non-hydrogen) atoms. The molecule has 149 valence electrons. The van der Waals surface area contributed by atoms with Gasteiger partial charge in [0.25, 0.3) is 5.91 Å². The van der Waals surface area contributed by atoms with Gasteiger partial charge >= 0.3 is 0 Å². The highest BCUT2D eigenvalue weighted by Gasteiger charge is 2.24. The molecule has 0 spiro atoms. The summed E-state index contributed by atoms with van der Waals surface area (Å²) in [6, 6.07) is 6.94. The van der Waals surface area contributed by atoms with Crippen LogP contribution in [0.2, 0.25) is 11.8 Å². The van der Waals surface area contributed by atoms with E-state index in [9.17, 15) is 4.79 Å². The first-order valence-corrected chi connectivity index (χ1v) is 9.77. The van der Waals surface area contributed by atoms with Crippen molar-refractivity contribution in [1.82, 2.24) is 15.0 Å². The molecule has 1 aliphatic carbocycles. The molecule has 1 heterocycles. The van der Waals surface area contributed by atoms with E-state index in [0.717, 1.165) is 18.3 Å². The molecule has 4 rings (SSSR count). The van der Waals surface area contributed by atoms with Gasteiger partial charge in [-0.25, -0.2) is 14.9 Å². The smallest absolute Gasteiger partial charge is 0.277 e. The molecule has 2 aromatic carbocycles. The normalized spacial score (nSPS) is 13.5. The van der Waals surface area contributed by atoms with Gasteiger partial charge in [0.05, 0.1) is 40.4 Å². The molecule has 0 unspecified atom stereocenters. The van der Waals surface area contributed by atoms with Crippen molar-refractivity contribution in [2.24, 2.45) is 13.0 Å². The third kappa shape index (κ3) is 4.09. The lowest BCUT2D eigenvalue weighted by molar-refractivity contribution is 0.0271. The maximum absolute atomic E-state index is 15.3. The number of hydrogen-bond donors (Lipinski definition) is 2. The first-order chi connectivity index (χ1) is 14.0. The van der Waals surface area contributed by atoms with Gasteiger partial charge < -0.3 is 9.88 Å². The van der Waals surface area contributed by atoms with E-state index in [1.54, 1.807) is 29.8 Å². The summed E-state index contributed by atoms with van der Waals surface area (Å²) in [7, 11) is 3.65. The summed E-state index contributed by atoms with van der Waals surface area (Å²) >= 11 is 6.34. The van der Waals surface area contributed by atoms with Crippen molar-refractivity contribution < 1.29 is 14.0 Å².